The number of imidazole rings is 1. The summed E-state index contributed by atoms with van der Waals surface area (Å²) in [5.41, 5.74) is 10.6. The van der Waals surface area contributed by atoms with Crippen molar-refractivity contribution in [2.75, 3.05) is 37.0 Å². The highest BCUT2D eigenvalue weighted by Crippen LogP contribution is 2.23. The van der Waals surface area contributed by atoms with Gasteiger partial charge in [-0.1, -0.05) is 6.07 Å². The Morgan fingerprint density at radius 2 is 1.94 bits per heavy atom. The van der Waals surface area contributed by atoms with Gasteiger partial charge >= 0.3 is 0 Å². The largest absolute Gasteiger partial charge is 0.381 e. The van der Waals surface area contributed by atoms with Crippen molar-refractivity contribution in [3.05, 3.63) is 54.4 Å². The Balaban J connectivity index is 1.37. The molecule has 5 heterocycles. The van der Waals surface area contributed by atoms with Gasteiger partial charge in [0.25, 0.3) is 0 Å². The van der Waals surface area contributed by atoms with E-state index in [0.717, 1.165) is 55.3 Å². The highest BCUT2D eigenvalue weighted by atomic mass is 16.5. The molecule has 11 nitrogen and oxygen atoms in total. The second kappa shape index (κ2) is 8.54. The minimum atomic E-state index is 0.275. The molecule has 0 spiro atoms. The highest BCUT2D eigenvalue weighted by molar-refractivity contribution is 5.65. The van der Waals surface area contributed by atoms with Crippen LogP contribution >= 0.6 is 0 Å². The fourth-order valence-electron chi connectivity index (χ4n) is 3.84. The average molecular weight is 435 g/mol. The summed E-state index contributed by atoms with van der Waals surface area (Å²) in [6.45, 7) is 4.63. The number of nitrogen functional groups attached to an aromatic ring is 1. The van der Waals surface area contributed by atoms with Crippen LogP contribution in [0.15, 0.2) is 43.1 Å². The zero-order valence-corrected chi connectivity index (χ0v) is 17.9. The van der Waals surface area contributed by atoms with E-state index in [4.69, 9.17) is 16.3 Å². The fourth-order valence-corrected chi connectivity index (χ4v) is 3.84. The third-order valence-electron chi connectivity index (χ3n) is 5.54. The molecule has 0 radical (unpaired) electrons. The summed E-state index contributed by atoms with van der Waals surface area (Å²) in [6, 6.07) is 4.00. The van der Waals surface area contributed by atoms with Crippen LogP contribution in [0, 0.1) is 0 Å². The molecule has 0 amide bonds. The maximum absolute atomic E-state index is 6.37. The highest BCUT2D eigenvalue weighted by Gasteiger charge is 2.16. The lowest BCUT2D eigenvalue weighted by Crippen LogP contribution is -2.36. The number of pyridine rings is 1. The third-order valence-corrected chi connectivity index (χ3v) is 5.54. The molecule has 1 aliphatic rings. The van der Waals surface area contributed by atoms with Gasteiger partial charge in [0.1, 0.15) is 5.65 Å². The molecule has 11 heteroatoms. The first-order valence-electron chi connectivity index (χ1n) is 10.5. The average Bonchev–Trinajstić information content (AvgIpc) is 3.41. The van der Waals surface area contributed by atoms with Gasteiger partial charge in [-0.25, -0.2) is 20.8 Å². The Morgan fingerprint density at radius 1 is 1.09 bits per heavy atom. The van der Waals surface area contributed by atoms with E-state index < -0.39 is 0 Å². The molecular formula is C21H26N10O. The lowest BCUT2D eigenvalue weighted by atomic mass is 10.2. The molecule has 0 unspecified atom stereocenters. The first-order valence-corrected chi connectivity index (χ1v) is 10.5. The van der Waals surface area contributed by atoms with Gasteiger partial charge in [0.2, 0.25) is 0 Å². The van der Waals surface area contributed by atoms with Gasteiger partial charge in [-0.2, -0.15) is 5.10 Å². The fraction of sp³-hybridized carbons (Fsp3) is 0.333. The molecule has 32 heavy (non-hydrogen) atoms. The number of hydrogen-bond donors (Lipinski definition) is 2. The smallest absolute Gasteiger partial charge is 0.186 e. The van der Waals surface area contributed by atoms with Crippen LogP contribution in [0.5, 0.6) is 0 Å². The lowest BCUT2D eigenvalue weighted by molar-refractivity contribution is 0.0335. The molecular weight excluding hydrogens is 408 g/mol. The molecule has 166 valence electrons. The summed E-state index contributed by atoms with van der Waals surface area (Å²) in [5.74, 6) is 7.07. The second-order valence-corrected chi connectivity index (χ2v) is 7.90. The summed E-state index contributed by atoms with van der Waals surface area (Å²) in [5, 5.41) is 5.70. The molecule has 0 bridgehead atoms. The zero-order valence-electron chi connectivity index (χ0n) is 17.9. The molecule has 4 aromatic rings. The van der Waals surface area contributed by atoms with E-state index in [1.807, 2.05) is 31.6 Å². The van der Waals surface area contributed by atoms with Gasteiger partial charge in [0.05, 0.1) is 49.7 Å². The van der Waals surface area contributed by atoms with Gasteiger partial charge in [0, 0.05) is 44.6 Å². The van der Waals surface area contributed by atoms with Crippen molar-refractivity contribution in [1.29, 1.82) is 0 Å². The van der Waals surface area contributed by atoms with E-state index in [1.54, 1.807) is 17.1 Å². The van der Waals surface area contributed by atoms with Crippen LogP contribution in [0.4, 0.5) is 11.6 Å². The molecule has 1 aliphatic heterocycles. The Morgan fingerprint density at radius 3 is 2.72 bits per heavy atom. The minimum Gasteiger partial charge on any atom is -0.381 e. The van der Waals surface area contributed by atoms with Crippen molar-refractivity contribution in [3.8, 4) is 11.3 Å². The van der Waals surface area contributed by atoms with Crippen LogP contribution in [0.2, 0.25) is 0 Å². The van der Waals surface area contributed by atoms with Crippen LogP contribution in [-0.4, -0.2) is 60.3 Å². The van der Waals surface area contributed by atoms with Crippen LogP contribution in [0.25, 0.3) is 16.9 Å². The molecule has 5 rings (SSSR count). The van der Waals surface area contributed by atoms with Crippen LogP contribution in [-0.2, 0) is 24.9 Å². The van der Waals surface area contributed by atoms with Crippen LogP contribution in [0.3, 0.4) is 0 Å². The number of aromatic nitrogens is 6. The van der Waals surface area contributed by atoms with Gasteiger partial charge in [0.15, 0.2) is 11.6 Å². The van der Waals surface area contributed by atoms with Gasteiger partial charge in [-0.05, 0) is 11.6 Å². The first-order chi connectivity index (χ1) is 15.6. The first kappa shape index (κ1) is 20.4. The number of hydrazine groups is 1. The van der Waals surface area contributed by atoms with Crippen molar-refractivity contribution in [2.24, 2.45) is 12.9 Å². The Hall–Kier alpha value is -3.54. The molecule has 1 saturated heterocycles. The van der Waals surface area contributed by atoms with Gasteiger partial charge in [-0.3, -0.25) is 14.6 Å². The number of anilines is 2. The van der Waals surface area contributed by atoms with Gasteiger partial charge in [-0.15, -0.1) is 0 Å². The summed E-state index contributed by atoms with van der Waals surface area (Å²) in [6.07, 6.45) is 9.21. The Labute approximate surface area is 185 Å². The van der Waals surface area contributed by atoms with Crippen LogP contribution < -0.4 is 16.6 Å². The normalized spacial score (nSPS) is 14.8. The molecule has 0 saturated carbocycles. The number of nitrogens with two attached hydrogens (primary N) is 2. The quantitative estimate of drug-likeness (QED) is 0.335. The topological polar surface area (TPSA) is 129 Å². The molecule has 4 N–H and O–H groups in total. The number of fused-ring (bicyclic) bond motifs is 1. The van der Waals surface area contributed by atoms with Crippen molar-refractivity contribution >= 4 is 17.3 Å². The molecule has 0 aliphatic carbocycles. The van der Waals surface area contributed by atoms with E-state index >= 15 is 0 Å². The van der Waals surface area contributed by atoms with E-state index in [2.05, 4.69) is 35.5 Å². The number of nitrogens with zero attached hydrogens (tertiary/aromatic N) is 8. The van der Waals surface area contributed by atoms with Gasteiger partial charge < -0.3 is 14.9 Å². The SMILES string of the molecule is Cn1cc(-c2cnc(N)c(N(N)Cc3ccc4ncc(CN5CCOCC5)n4c3)n2)cn1. The van der Waals surface area contributed by atoms with Crippen molar-refractivity contribution in [1.82, 2.24) is 34.0 Å². The monoisotopic (exact) mass is 434 g/mol. The molecule has 0 atom stereocenters. The van der Waals surface area contributed by atoms with Crippen molar-refractivity contribution < 1.29 is 4.74 Å². The number of ether oxygens (including phenoxy) is 1. The number of morpholine rings is 1. The Kier molecular flexibility index (Phi) is 5.43. The second-order valence-electron chi connectivity index (χ2n) is 7.90. The zero-order chi connectivity index (χ0) is 22.1. The van der Waals surface area contributed by atoms with E-state index in [-0.39, 0.29) is 5.82 Å². The van der Waals surface area contributed by atoms with Crippen molar-refractivity contribution in [2.45, 2.75) is 13.1 Å². The number of rotatable bonds is 6. The molecule has 1 fully saturated rings. The lowest BCUT2D eigenvalue weighted by Gasteiger charge is -2.26. The summed E-state index contributed by atoms with van der Waals surface area (Å²) >= 11 is 0. The summed E-state index contributed by atoms with van der Waals surface area (Å²) in [4.78, 5) is 15.8. The van der Waals surface area contributed by atoms with E-state index in [9.17, 15) is 0 Å². The molecule has 0 aromatic carbocycles. The van der Waals surface area contributed by atoms with Crippen molar-refractivity contribution in [3.63, 3.8) is 0 Å². The summed E-state index contributed by atoms with van der Waals surface area (Å²) < 4.78 is 9.27. The predicted octanol–water partition coefficient (Wildman–Crippen LogP) is 0.820. The standard InChI is InChI=1S/C21H26N10O/c1-28-13-16(8-26-28)18-10-25-20(22)21(27-18)31(23)12-15-2-3-19-24-9-17(30(19)11-15)14-29-4-6-32-7-5-29/h2-3,8-11,13H,4-7,12,14,23H2,1H3,(H2,22,25). The number of aryl methyl sites for hydroxylation is 1. The Bertz CT molecular complexity index is 1230. The summed E-state index contributed by atoms with van der Waals surface area (Å²) in [7, 11) is 1.85. The van der Waals surface area contributed by atoms with E-state index in [1.165, 1.54) is 5.01 Å². The van der Waals surface area contributed by atoms with Crippen LogP contribution in [0.1, 0.15) is 11.3 Å². The maximum Gasteiger partial charge on any atom is 0.186 e. The van der Waals surface area contributed by atoms with E-state index in [0.29, 0.717) is 18.1 Å². The molecule has 4 aromatic heterocycles. The number of hydrogen-bond acceptors (Lipinski definition) is 9. The minimum absolute atomic E-state index is 0.275. The maximum atomic E-state index is 6.37. The third kappa shape index (κ3) is 4.13. The predicted molar refractivity (Wildman–Crippen MR) is 120 cm³/mol.